The van der Waals surface area contributed by atoms with Gasteiger partial charge in [-0.2, -0.15) is 0 Å². The van der Waals surface area contributed by atoms with Crippen molar-refractivity contribution >= 4 is 28.1 Å². The predicted molar refractivity (Wildman–Crippen MR) is 65.5 cm³/mol. The fourth-order valence-electron chi connectivity index (χ4n) is 2.20. The average molecular weight is 217 g/mol. The first-order valence-corrected chi connectivity index (χ1v) is 5.60. The third kappa shape index (κ3) is 1.30. The second kappa shape index (κ2) is 3.42. The smallest absolute Gasteiger partial charge is 0.0413 e. The van der Waals surface area contributed by atoms with E-state index in [-0.39, 0.29) is 0 Å². The maximum absolute atomic E-state index is 5.96. The van der Waals surface area contributed by atoms with Gasteiger partial charge in [-0.05, 0) is 22.4 Å². The highest BCUT2D eigenvalue weighted by Crippen LogP contribution is 2.37. The van der Waals surface area contributed by atoms with Gasteiger partial charge >= 0.3 is 0 Å². The van der Waals surface area contributed by atoms with E-state index in [1.54, 1.807) is 0 Å². The van der Waals surface area contributed by atoms with E-state index in [1.807, 2.05) is 0 Å². The molecule has 1 aliphatic heterocycles. The molecular formula is C13H11ClN. The summed E-state index contributed by atoms with van der Waals surface area (Å²) < 4.78 is 0. The number of benzene rings is 2. The Bertz CT molecular complexity index is 507. The van der Waals surface area contributed by atoms with E-state index >= 15 is 0 Å². The zero-order chi connectivity index (χ0) is 10.3. The lowest BCUT2D eigenvalue weighted by molar-refractivity contribution is 1.13. The Hall–Kier alpha value is -1.21. The van der Waals surface area contributed by atoms with E-state index < -0.39 is 0 Å². The van der Waals surface area contributed by atoms with Gasteiger partial charge in [0.2, 0.25) is 0 Å². The van der Waals surface area contributed by atoms with Gasteiger partial charge in [-0.15, -0.1) is 11.6 Å². The molecule has 0 amide bonds. The molecule has 0 saturated carbocycles. The van der Waals surface area contributed by atoms with E-state index in [0.717, 1.165) is 6.54 Å². The van der Waals surface area contributed by atoms with Crippen molar-refractivity contribution in [1.82, 2.24) is 0 Å². The van der Waals surface area contributed by atoms with Gasteiger partial charge in [0.1, 0.15) is 0 Å². The predicted octanol–water partition coefficient (Wildman–Crippen LogP) is 3.43. The molecule has 0 aromatic heterocycles. The van der Waals surface area contributed by atoms with Gasteiger partial charge in [0.25, 0.3) is 0 Å². The second-order valence-corrected chi connectivity index (χ2v) is 4.07. The third-order valence-electron chi connectivity index (χ3n) is 2.94. The Kier molecular flexibility index (Phi) is 2.06. The Labute approximate surface area is 94.1 Å². The van der Waals surface area contributed by atoms with Gasteiger partial charge in [0, 0.05) is 24.0 Å². The molecule has 15 heavy (non-hydrogen) atoms. The van der Waals surface area contributed by atoms with Crippen LogP contribution in [-0.4, -0.2) is 12.4 Å². The molecular weight excluding hydrogens is 206 g/mol. The van der Waals surface area contributed by atoms with Crippen LogP contribution in [0.2, 0.25) is 0 Å². The molecule has 0 atom stereocenters. The normalized spacial score (nSPS) is 15.3. The van der Waals surface area contributed by atoms with Crippen molar-refractivity contribution in [1.29, 1.82) is 0 Å². The van der Waals surface area contributed by atoms with Crippen molar-refractivity contribution in [2.75, 3.05) is 17.7 Å². The van der Waals surface area contributed by atoms with Gasteiger partial charge in [-0.1, -0.05) is 30.3 Å². The van der Waals surface area contributed by atoms with Crippen LogP contribution in [0.5, 0.6) is 0 Å². The Morgan fingerprint density at radius 3 is 2.87 bits per heavy atom. The summed E-state index contributed by atoms with van der Waals surface area (Å²) in [6, 6.07) is 12.7. The number of halogens is 1. The highest BCUT2D eigenvalue weighted by Gasteiger charge is 2.23. The monoisotopic (exact) mass is 216 g/mol. The lowest BCUT2D eigenvalue weighted by atomic mass is 9.96. The molecule has 1 heterocycles. The summed E-state index contributed by atoms with van der Waals surface area (Å²) in [6.45, 7) is 0.882. The quantitative estimate of drug-likeness (QED) is 0.721. The zero-order valence-corrected chi connectivity index (χ0v) is 9.01. The van der Waals surface area contributed by atoms with Crippen LogP contribution >= 0.6 is 11.6 Å². The zero-order valence-electron chi connectivity index (χ0n) is 8.26. The molecule has 0 bridgehead atoms. The van der Waals surface area contributed by atoms with Crippen LogP contribution in [0.3, 0.4) is 0 Å². The van der Waals surface area contributed by atoms with Crippen LogP contribution in [0.25, 0.3) is 10.8 Å². The van der Waals surface area contributed by atoms with Gasteiger partial charge < -0.3 is 5.32 Å². The Balaban J connectivity index is 2.32. The fourth-order valence-corrected chi connectivity index (χ4v) is 2.43. The minimum Gasteiger partial charge on any atom is -0.384 e. The van der Waals surface area contributed by atoms with E-state index in [1.165, 1.54) is 27.9 Å². The molecule has 0 saturated heterocycles. The lowest BCUT2D eigenvalue weighted by Gasteiger charge is -2.08. The molecule has 0 fully saturated rings. The largest absolute Gasteiger partial charge is 0.384 e. The average Bonchev–Trinajstić information content (AvgIpc) is 2.72. The molecule has 2 aromatic rings. The highest BCUT2D eigenvalue weighted by molar-refractivity contribution is 6.20. The lowest BCUT2D eigenvalue weighted by Crippen LogP contribution is -2.04. The van der Waals surface area contributed by atoms with E-state index in [9.17, 15) is 0 Å². The Morgan fingerprint density at radius 1 is 1.13 bits per heavy atom. The molecule has 2 heteroatoms. The first-order valence-electron chi connectivity index (χ1n) is 5.07. The van der Waals surface area contributed by atoms with Gasteiger partial charge in [0.05, 0.1) is 0 Å². The van der Waals surface area contributed by atoms with Crippen molar-refractivity contribution in [2.45, 2.75) is 0 Å². The summed E-state index contributed by atoms with van der Waals surface area (Å²) in [7, 11) is 0. The third-order valence-corrected chi connectivity index (χ3v) is 3.26. The molecule has 0 unspecified atom stereocenters. The number of anilines is 1. The number of nitrogens with one attached hydrogen (secondary N) is 1. The SMILES string of the molecule is ClC[C]1CNc2ccc3ccccc3c21. The molecule has 1 N–H and O–H groups in total. The first kappa shape index (κ1) is 9.05. The molecule has 1 radical (unpaired) electrons. The minimum atomic E-state index is 0.605. The second-order valence-electron chi connectivity index (χ2n) is 3.80. The summed E-state index contributed by atoms with van der Waals surface area (Å²) in [5.41, 5.74) is 2.52. The van der Waals surface area contributed by atoms with Crippen LogP contribution in [0.1, 0.15) is 5.56 Å². The number of hydrogen-bond acceptors (Lipinski definition) is 1. The van der Waals surface area contributed by atoms with E-state index in [2.05, 4.69) is 41.7 Å². The van der Waals surface area contributed by atoms with Gasteiger partial charge in [-0.25, -0.2) is 0 Å². The number of fused-ring (bicyclic) bond motifs is 3. The summed E-state index contributed by atoms with van der Waals surface area (Å²) in [6.07, 6.45) is 0. The van der Waals surface area contributed by atoms with Crippen molar-refractivity contribution in [3.8, 4) is 0 Å². The van der Waals surface area contributed by atoms with Crippen molar-refractivity contribution in [3.63, 3.8) is 0 Å². The molecule has 75 valence electrons. The standard InChI is InChI=1S/C13H11ClN/c14-7-10-8-15-12-6-5-9-3-1-2-4-11(9)13(10)12/h1-6,15H,7-8H2. The summed E-state index contributed by atoms with van der Waals surface area (Å²) in [5, 5.41) is 5.95. The summed E-state index contributed by atoms with van der Waals surface area (Å²) >= 11 is 5.96. The van der Waals surface area contributed by atoms with Crippen LogP contribution < -0.4 is 5.32 Å². The molecule has 1 aliphatic rings. The Morgan fingerprint density at radius 2 is 2.00 bits per heavy atom. The molecule has 0 aliphatic carbocycles. The van der Waals surface area contributed by atoms with Crippen molar-refractivity contribution in [3.05, 3.63) is 47.9 Å². The highest BCUT2D eigenvalue weighted by atomic mass is 35.5. The van der Waals surface area contributed by atoms with Crippen molar-refractivity contribution < 1.29 is 0 Å². The van der Waals surface area contributed by atoms with Gasteiger partial charge in [-0.3, -0.25) is 0 Å². The van der Waals surface area contributed by atoms with Crippen molar-refractivity contribution in [2.24, 2.45) is 0 Å². The number of alkyl halides is 1. The number of hydrogen-bond donors (Lipinski definition) is 1. The van der Waals surface area contributed by atoms with Crippen LogP contribution in [-0.2, 0) is 0 Å². The minimum absolute atomic E-state index is 0.605. The van der Waals surface area contributed by atoms with E-state index in [4.69, 9.17) is 11.6 Å². The number of rotatable bonds is 1. The first-order chi connectivity index (χ1) is 7.40. The maximum Gasteiger partial charge on any atom is 0.0413 e. The maximum atomic E-state index is 5.96. The summed E-state index contributed by atoms with van der Waals surface area (Å²) in [5.74, 6) is 1.90. The van der Waals surface area contributed by atoms with Crippen LogP contribution in [0.4, 0.5) is 5.69 Å². The molecule has 3 rings (SSSR count). The molecule has 1 nitrogen and oxygen atoms in total. The fraction of sp³-hybridized carbons (Fsp3) is 0.154. The summed E-state index contributed by atoms with van der Waals surface area (Å²) in [4.78, 5) is 0. The van der Waals surface area contributed by atoms with Gasteiger partial charge in [0.15, 0.2) is 0 Å². The van der Waals surface area contributed by atoms with Crippen LogP contribution in [0.15, 0.2) is 36.4 Å². The van der Waals surface area contributed by atoms with Crippen LogP contribution in [0, 0.1) is 5.92 Å². The van der Waals surface area contributed by atoms with E-state index in [0.29, 0.717) is 5.88 Å². The molecule has 2 aromatic carbocycles. The molecule has 0 spiro atoms. The topological polar surface area (TPSA) is 12.0 Å².